The highest BCUT2D eigenvalue weighted by Crippen LogP contribution is 2.27. The highest BCUT2D eigenvalue weighted by atomic mass is 79.9. The van der Waals surface area contributed by atoms with Gasteiger partial charge in [-0.1, -0.05) is 0 Å². The summed E-state index contributed by atoms with van der Waals surface area (Å²) in [5.74, 6) is 1.66. The van der Waals surface area contributed by atoms with E-state index in [4.69, 9.17) is 4.74 Å². The zero-order valence-electron chi connectivity index (χ0n) is 5.80. The second-order valence-electron chi connectivity index (χ2n) is 2.28. The van der Waals surface area contributed by atoms with E-state index < -0.39 is 0 Å². The van der Waals surface area contributed by atoms with E-state index in [9.17, 15) is 0 Å². The van der Waals surface area contributed by atoms with Crippen molar-refractivity contribution >= 4 is 21.7 Å². The van der Waals surface area contributed by atoms with Gasteiger partial charge in [0.25, 0.3) is 0 Å². The van der Waals surface area contributed by atoms with Crippen molar-refractivity contribution in [1.82, 2.24) is 4.98 Å². The molecular weight excluding hydrogens is 208 g/mol. The van der Waals surface area contributed by atoms with Gasteiger partial charge in [-0.25, -0.2) is 4.98 Å². The zero-order chi connectivity index (χ0) is 7.68. The van der Waals surface area contributed by atoms with Crippen molar-refractivity contribution in [3.63, 3.8) is 0 Å². The van der Waals surface area contributed by atoms with Crippen LogP contribution in [0.15, 0.2) is 16.7 Å². The van der Waals surface area contributed by atoms with Crippen molar-refractivity contribution in [3.05, 3.63) is 16.7 Å². The van der Waals surface area contributed by atoms with E-state index in [0.29, 0.717) is 6.61 Å². The van der Waals surface area contributed by atoms with E-state index in [-0.39, 0.29) is 0 Å². The summed E-state index contributed by atoms with van der Waals surface area (Å²) in [5, 5.41) is 3.13. The van der Waals surface area contributed by atoms with Gasteiger partial charge in [-0.15, -0.1) is 0 Å². The van der Waals surface area contributed by atoms with Gasteiger partial charge in [-0.3, -0.25) is 0 Å². The van der Waals surface area contributed by atoms with Crippen LogP contribution < -0.4 is 10.1 Å². The second kappa shape index (κ2) is 2.70. The van der Waals surface area contributed by atoms with Gasteiger partial charge in [0.05, 0.1) is 6.54 Å². The molecule has 1 aromatic heterocycles. The van der Waals surface area contributed by atoms with Gasteiger partial charge in [0.15, 0.2) is 11.6 Å². The van der Waals surface area contributed by atoms with Gasteiger partial charge in [0.2, 0.25) is 0 Å². The number of anilines is 1. The average molecular weight is 215 g/mol. The fourth-order valence-electron chi connectivity index (χ4n) is 0.994. The summed E-state index contributed by atoms with van der Waals surface area (Å²) in [6.07, 6.45) is 1.75. The molecule has 0 radical (unpaired) electrons. The Morgan fingerprint density at radius 1 is 1.64 bits per heavy atom. The van der Waals surface area contributed by atoms with Crippen LogP contribution in [0.3, 0.4) is 0 Å². The Kier molecular flexibility index (Phi) is 1.69. The fraction of sp³-hybridized carbons (Fsp3) is 0.286. The van der Waals surface area contributed by atoms with Crippen LogP contribution in [0.4, 0.5) is 5.82 Å². The number of halogens is 1. The Labute approximate surface area is 72.9 Å². The van der Waals surface area contributed by atoms with Crippen molar-refractivity contribution in [1.29, 1.82) is 0 Å². The third-order valence-electron chi connectivity index (χ3n) is 1.47. The molecule has 3 nitrogen and oxygen atoms in total. The number of nitrogens with one attached hydrogen (secondary N) is 1. The maximum Gasteiger partial charge on any atom is 0.168 e. The van der Waals surface area contributed by atoms with Crippen LogP contribution in [0.5, 0.6) is 5.75 Å². The van der Waals surface area contributed by atoms with Crippen molar-refractivity contribution in [2.75, 3.05) is 18.5 Å². The molecule has 4 heteroatoms. The molecule has 11 heavy (non-hydrogen) atoms. The molecule has 0 spiro atoms. The van der Waals surface area contributed by atoms with Crippen LogP contribution in [0.25, 0.3) is 0 Å². The first-order valence-corrected chi connectivity index (χ1v) is 4.18. The minimum absolute atomic E-state index is 0.713. The van der Waals surface area contributed by atoms with Crippen molar-refractivity contribution in [3.8, 4) is 5.75 Å². The third-order valence-corrected chi connectivity index (χ3v) is 1.91. The lowest BCUT2D eigenvalue weighted by Crippen LogP contribution is -2.18. The van der Waals surface area contributed by atoms with Crippen LogP contribution in [-0.2, 0) is 0 Å². The molecule has 0 atom stereocenters. The van der Waals surface area contributed by atoms with E-state index in [2.05, 4.69) is 26.2 Å². The summed E-state index contributed by atoms with van der Waals surface area (Å²) in [5.41, 5.74) is 0. The highest BCUT2D eigenvalue weighted by Gasteiger charge is 2.09. The molecule has 1 aliphatic rings. The molecule has 2 rings (SSSR count). The van der Waals surface area contributed by atoms with Gasteiger partial charge in [-0.05, 0) is 22.0 Å². The molecule has 0 amide bonds. The lowest BCUT2D eigenvalue weighted by atomic mass is 10.4. The lowest BCUT2D eigenvalue weighted by Gasteiger charge is -2.17. The number of pyridine rings is 1. The van der Waals surface area contributed by atoms with Crippen LogP contribution >= 0.6 is 15.9 Å². The third kappa shape index (κ3) is 1.30. The predicted molar refractivity (Wildman–Crippen MR) is 45.9 cm³/mol. The van der Waals surface area contributed by atoms with E-state index in [0.717, 1.165) is 22.6 Å². The summed E-state index contributed by atoms with van der Waals surface area (Å²) in [6, 6.07) is 1.91. The number of aromatic nitrogens is 1. The molecule has 1 aliphatic heterocycles. The largest absolute Gasteiger partial charge is 0.488 e. The Bertz CT molecular complexity index is 277. The van der Waals surface area contributed by atoms with Crippen LogP contribution in [0, 0.1) is 0 Å². The summed E-state index contributed by atoms with van der Waals surface area (Å²) in [6.45, 7) is 1.55. The molecule has 2 heterocycles. The summed E-state index contributed by atoms with van der Waals surface area (Å²) in [7, 11) is 0. The number of hydrogen-bond donors (Lipinski definition) is 1. The quantitative estimate of drug-likeness (QED) is 0.714. The monoisotopic (exact) mass is 214 g/mol. The van der Waals surface area contributed by atoms with E-state index >= 15 is 0 Å². The lowest BCUT2D eigenvalue weighted by molar-refractivity contribution is 0.321. The molecule has 0 saturated carbocycles. The fourth-order valence-corrected chi connectivity index (χ4v) is 1.30. The molecule has 0 unspecified atom stereocenters. The van der Waals surface area contributed by atoms with Crippen LogP contribution in [0.1, 0.15) is 0 Å². The van der Waals surface area contributed by atoms with Crippen molar-refractivity contribution in [2.45, 2.75) is 0 Å². The molecule has 1 aromatic rings. The Morgan fingerprint density at radius 3 is 3.45 bits per heavy atom. The van der Waals surface area contributed by atoms with Crippen LogP contribution in [-0.4, -0.2) is 18.1 Å². The van der Waals surface area contributed by atoms with Gasteiger partial charge < -0.3 is 10.1 Å². The molecular formula is C7H7BrN2O. The smallest absolute Gasteiger partial charge is 0.168 e. The molecule has 1 N–H and O–H groups in total. The number of rotatable bonds is 0. The molecule has 0 bridgehead atoms. The molecule has 0 aliphatic carbocycles. The number of ether oxygens (including phenoxy) is 1. The standard InChI is InChI=1S/C7H7BrN2O/c8-5-3-6-7(10-4-5)9-1-2-11-6/h3-4H,1-2H2,(H,9,10). The Morgan fingerprint density at radius 2 is 2.55 bits per heavy atom. The topological polar surface area (TPSA) is 34.1 Å². The van der Waals surface area contributed by atoms with Gasteiger partial charge >= 0.3 is 0 Å². The molecule has 0 aromatic carbocycles. The normalized spacial score (nSPS) is 14.6. The second-order valence-corrected chi connectivity index (χ2v) is 3.19. The van der Waals surface area contributed by atoms with Crippen LogP contribution in [0.2, 0.25) is 0 Å². The van der Waals surface area contributed by atoms with Gasteiger partial charge in [0, 0.05) is 10.7 Å². The molecule has 58 valence electrons. The summed E-state index contributed by atoms with van der Waals surface area (Å²) in [4.78, 5) is 4.14. The highest BCUT2D eigenvalue weighted by molar-refractivity contribution is 9.10. The minimum Gasteiger partial charge on any atom is -0.488 e. The van der Waals surface area contributed by atoms with Crippen molar-refractivity contribution in [2.24, 2.45) is 0 Å². The minimum atomic E-state index is 0.713. The first-order valence-electron chi connectivity index (χ1n) is 3.38. The maximum atomic E-state index is 5.35. The van der Waals surface area contributed by atoms with Crippen molar-refractivity contribution < 1.29 is 4.74 Å². The SMILES string of the molecule is Brc1cnc2c(c1)OCCN2. The predicted octanol–water partition coefficient (Wildman–Crippen LogP) is 1.65. The average Bonchev–Trinajstić information content (AvgIpc) is 2.04. The maximum absolute atomic E-state index is 5.35. The molecule has 0 saturated heterocycles. The Hall–Kier alpha value is -0.770. The zero-order valence-corrected chi connectivity index (χ0v) is 7.39. The number of fused-ring (bicyclic) bond motifs is 1. The van der Waals surface area contributed by atoms with E-state index in [1.807, 2.05) is 6.07 Å². The first kappa shape index (κ1) is 6.91. The summed E-state index contributed by atoms with van der Waals surface area (Å²) < 4.78 is 6.29. The molecule has 0 fully saturated rings. The number of nitrogens with zero attached hydrogens (tertiary/aromatic N) is 1. The van der Waals surface area contributed by atoms with E-state index in [1.54, 1.807) is 6.20 Å². The van der Waals surface area contributed by atoms with Gasteiger partial charge in [0.1, 0.15) is 6.61 Å². The van der Waals surface area contributed by atoms with E-state index in [1.165, 1.54) is 0 Å². The Balaban J connectivity index is 2.43. The summed E-state index contributed by atoms with van der Waals surface area (Å²) >= 11 is 3.32. The van der Waals surface area contributed by atoms with Gasteiger partial charge in [-0.2, -0.15) is 0 Å². The number of hydrogen-bond acceptors (Lipinski definition) is 3. The first-order chi connectivity index (χ1) is 5.36.